The average Bonchev–Trinajstić information content (AvgIpc) is 3.14. The van der Waals surface area contributed by atoms with Gasteiger partial charge in [0.15, 0.2) is 11.7 Å². The number of rotatable bonds is 7. The molecule has 1 aromatic carbocycles. The van der Waals surface area contributed by atoms with E-state index in [1.807, 2.05) is 38.4 Å². The standard InChI is InChI=1S/C18H24F3N5OS.HI/c1-22-17(24-10-16-25-15(11-28-16)18(19,20)21)23-9-14(26(2)3)12-6-5-7-13(8-12)27-4;/h5-8,11,14H,9-10H2,1-4H3,(H2,22,23,24);1H. The van der Waals surface area contributed by atoms with Crippen LogP contribution in [0.5, 0.6) is 5.75 Å². The van der Waals surface area contributed by atoms with Gasteiger partial charge in [0.2, 0.25) is 0 Å². The van der Waals surface area contributed by atoms with Crippen LogP contribution in [0, 0.1) is 0 Å². The largest absolute Gasteiger partial charge is 0.497 e. The molecule has 6 nitrogen and oxygen atoms in total. The first-order chi connectivity index (χ1) is 13.2. The van der Waals surface area contributed by atoms with Crippen molar-refractivity contribution < 1.29 is 17.9 Å². The summed E-state index contributed by atoms with van der Waals surface area (Å²) in [6.07, 6.45) is -4.43. The molecule has 0 aliphatic heterocycles. The van der Waals surface area contributed by atoms with E-state index in [0.29, 0.717) is 17.5 Å². The lowest BCUT2D eigenvalue weighted by molar-refractivity contribution is -0.140. The molecule has 2 N–H and O–H groups in total. The molecule has 1 atom stereocenters. The Hall–Kier alpha value is -1.60. The Morgan fingerprint density at radius 3 is 2.59 bits per heavy atom. The SMILES string of the molecule is CN=C(NCc1nc(C(F)(F)F)cs1)NCC(c1cccc(OC)c1)N(C)C.I. The van der Waals surface area contributed by atoms with Gasteiger partial charge in [-0.25, -0.2) is 4.98 Å². The van der Waals surface area contributed by atoms with Crippen LogP contribution in [0.15, 0.2) is 34.6 Å². The number of benzene rings is 1. The van der Waals surface area contributed by atoms with Gasteiger partial charge in [0, 0.05) is 19.0 Å². The summed E-state index contributed by atoms with van der Waals surface area (Å²) >= 11 is 0.961. The van der Waals surface area contributed by atoms with Gasteiger partial charge >= 0.3 is 6.18 Å². The van der Waals surface area contributed by atoms with Crippen molar-refractivity contribution in [2.75, 3.05) is 34.8 Å². The number of aromatic nitrogens is 1. The van der Waals surface area contributed by atoms with Crippen molar-refractivity contribution in [2.45, 2.75) is 18.8 Å². The minimum atomic E-state index is -4.43. The summed E-state index contributed by atoms with van der Waals surface area (Å²) in [7, 11) is 7.16. The molecule has 11 heteroatoms. The monoisotopic (exact) mass is 543 g/mol. The molecule has 2 aromatic rings. The number of alkyl halides is 3. The highest BCUT2D eigenvalue weighted by Gasteiger charge is 2.33. The molecule has 0 amide bonds. The highest BCUT2D eigenvalue weighted by atomic mass is 127. The lowest BCUT2D eigenvalue weighted by atomic mass is 10.1. The summed E-state index contributed by atoms with van der Waals surface area (Å²) in [5, 5.41) is 7.55. The van der Waals surface area contributed by atoms with Crippen molar-refractivity contribution in [3.05, 3.63) is 45.9 Å². The molecule has 2 rings (SSSR count). The van der Waals surface area contributed by atoms with Gasteiger partial charge in [-0.15, -0.1) is 35.3 Å². The molecule has 0 radical (unpaired) electrons. The number of nitrogens with one attached hydrogen (secondary N) is 2. The number of hydrogen-bond acceptors (Lipinski definition) is 5. The molecule has 162 valence electrons. The summed E-state index contributed by atoms with van der Waals surface area (Å²) in [5.41, 5.74) is 0.199. The summed E-state index contributed by atoms with van der Waals surface area (Å²) in [6, 6.07) is 7.84. The fraction of sp³-hybridized carbons (Fsp3) is 0.444. The van der Waals surface area contributed by atoms with Gasteiger partial charge in [-0.05, 0) is 31.8 Å². The number of likely N-dealkylation sites (N-methyl/N-ethyl adjacent to an activating group) is 1. The predicted octanol–water partition coefficient (Wildman–Crippen LogP) is 3.76. The van der Waals surface area contributed by atoms with E-state index in [1.165, 1.54) is 0 Å². The molecule has 1 aromatic heterocycles. The van der Waals surface area contributed by atoms with Crippen LogP contribution >= 0.6 is 35.3 Å². The van der Waals surface area contributed by atoms with Crippen molar-refractivity contribution in [3.8, 4) is 5.75 Å². The number of thiazole rings is 1. The number of ether oxygens (including phenoxy) is 1. The van der Waals surface area contributed by atoms with Gasteiger partial charge < -0.3 is 20.3 Å². The zero-order valence-electron chi connectivity index (χ0n) is 16.6. The molecule has 0 aliphatic carbocycles. The summed E-state index contributed by atoms with van der Waals surface area (Å²) < 4.78 is 43.2. The lowest BCUT2D eigenvalue weighted by Crippen LogP contribution is -2.41. The van der Waals surface area contributed by atoms with E-state index < -0.39 is 11.9 Å². The number of halogens is 4. The van der Waals surface area contributed by atoms with Crippen LogP contribution in [-0.4, -0.2) is 50.6 Å². The highest BCUT2D eigenvalue weighted by molar-refractivity contribution is 14.0. The van der Waals surface area contributed by atoms with E-state index in [2.05, 4.69) is 25.5 Å². The van der Waals surface area contributed by atoms with Crippen molar-refractivity contribution in [3.63, 3.8) is 0 Å². The second-order valence-electron chi connectivity index (χ2n) is 6.19. The Bertz CT molecular complexity index is 798. The minimum Gasteiger partial charge on any atom is -0.497 e. The van der Waals surface area contributed by atoms with Crippen molar-refractivity contribution >= 4 is 41.3 Å². The fourth-order valence-electron chi connectivity index (χ4n) is 2.54. The molecule has 0 bridgehead atoms. The van der Waals surface area contributed by atoms with Crippen LogP contribution in [0.4, 0.5) is 13.2 Å². The Kier molecular flexibility index (Phi) is 10.1. The third kappa shape index (κ3) is 7.63. The minimum absolute atomic E-state index is 0. The first kappa shape index (κ1) is 25.4. The zero-order valence-corrected chi connectivity index (χ0v) is 19.7. The maximum absolute atomic E-state index is 12.6. The predicted molar refractivity (Wildman–Crippen MR) is 120 cm³/mol. The van der Waals surface area contributed by atoms with Gasteiger partial charge in [-0.3, -0.25) is 4.99 Å². The van der Waals surface area contributed by atoms with E-state index in [1.54, 1.807) is 14.2 Å². The Balaban J connectivity index is 0.00000420. The van der Waals surface area contributed by atoms with E-state index in [0.717, 1.165) is 28.0 Å². The molecule has 0 spiro atoms. The molecule has 0 aliphatic rings. The molecule has 1 heterocycles. The smallest absolute Gasteiger partial charge is 0.434 e. The number of methoxy groups -OCH3 is 1. The van der Waals surface area contributed by atoms with Gasteiger partial charge in [-0.2, -0.15) is 13.2 Å². The average molecular weight is 543 g/mol. The quantitative estimate of drug-likeness (QED) is 0.317. The Morgan fingerprint density at radius 2 is 2.03 bits per heavy atom. The van der Waals surface area contributed by atoms with Crippen molar-refractivity contribution in [2.24, 2.45) is 4.99 Å². The van der Waals surface area contributed by atoms with Crippen molar-refractivity contribution in [1.82, 2.24) is 20.5 Å². The number of hydrogen-bond donors (Lipinski definition) is 2. The molecule has 0 saturated heterocycles. The molecule has 0 fully saturated rings. The highest BCUT2D eigenvalue weighted by Crippen LogP contribution is 2.30. The number of nitrogens with zero attached hydrogens (tertiary/aromatic N) is 3. The van der Waals surface area contributed by atoms with Crippen molar-refractivity contribution in [1.29, 1.82) is 0 Å². The molecular weight excluding hydrogens is 518 g/mol. The Morgan fingerprint density at radius 1 is 1.31 bits per heavy atom. The summed E-state index contributed by atoms with van der Waals surface area (Å²) in [5.74, 6) is 1.26. The van der Waals surface area contributed by atoms with E-state index in [9.17, 15) is 13.2 Å². The van der Waals surface area contributed by atoms with Gasteiger partial charge in [-0.1, -0.05) is 12.1 Å². The first-order valence-electron chi connectivity index (χ1n) is 8.51. The molecule has 29 heavy (non-hydrogen) atoms. The van der Waals surface area contributed by atoms with E-state index >= 15 is 0 Å². The number of guanidine groups is 1. The maximum atomic E-state index is 12.6. The third-order valence-electron chi connectivity index (χ3n) is 4.04. The topological polar surface area (TPSA) is 61.8 Å². The zero-order chi connectivity index (χ0) is 20.7. The van der Waals surface area contributed by atoms with Crippen LogP contribution in [0.2, 0.25) is 0 Å². The van der Waals surface area contributed by atoms with E-state index in [4.69, 9.17) is 4.74 Å². The van der Waals surface area contributed by atoms with Gasteiger partial charge in [0.25, 0.3) is 0 Å². The summed E-state index contributed by atoms with van der Waals surface area (Å²) in [4.78, 5) is 9.79. The second kappa shape index (κ2) is 11.6. The first-order valence-corrected chi connectivity index (χ1v) is 9.39. The van der Waals surface area contributed by atoms with Gasteiger partial charge in [0.05, 0.1) is 19.7 Å². The molecule has 1 unspecified atom stereocenters. The molecular formula is C18H25F3IN5OS. The van der Waals surface area contributed by atoms with Crippen LogP contribution in [0.3, 0.4) is 0 Å². The maximum Gasteiger partial charge on any atom is 0.434 e. The van der Waals surface area contributed by atoms with Crippen LogP contribution in [0.1, 0.15) is 22.3 Å². The second-order valence-corrected chi connectivity index (χ2v) is 7.13. The lowest BCUT2D eigenvalue weighted by Gasteiger charge is -2.26. The third-order valence-corrected chi connectivity index (χ3v) is 4.89. The van der Waals surface area contributed by atoms with Gasteiger partial charge in [0.1, 0.15) is 10.8 Å². The number of aliphatic imine (C=N–C) groups is 1. The van der Waals surface area contributed by atoms with Crippen LogP contribution in [-0.2, 0) is 12.7 Å². The fourth-order valence-corrected chi connectivity index (χ4v) is 3.28. The Labute approximate surface area is 189 Å². The molecule has 0 saturated carbocycles. The summed E-state index contributed by atoms with van der Waals surface area (Å²) in [6.45, 7) is 0.706. The normalized spacial score (nSPS) is 13.0. The van der Waals surface area contributed by atoms with Crippen LogP contribution in [0.25, 0.3) is 0 Å². The van der Waals surface area contributed by atoms with Crippen LogP contribution < -0.4 is 15.4 Å². The van der Waals surface area contributed by atoms with E-state index in [-0.39, 0.29) is 36.6 Å².